The Morgan fingerprint density at radius 2 is 2.00 bits per heavy atom. The lowest BCUT2D eigenvalue weighted by atomic mass is 9.99. The number of carbonyl (C=O) groups excluding carboxylic acids is 1. The first-order valence-electron chi connectivity index (χ1n) is 8.59. The van der Waals surface area contributed by atoms with Gasteiger partial charge in [-0.05, 0) is 44.1 Å². The zero-order chi connectivity index (χ0) is 16.1. The molecule has 2 aliphatic rings. The van der Waals surface area contributed by atoms with Crippen LogP contribution in [0.25, 0.3) is 0 Å². The average Bonchev–Trinajstić information content (AvgIpc) is 2.61. The molecule has 1 aromatic heterocycles. The minimum absolute atomic E-state index is 0. The number of aromatic nitrogens is 1. The normalized spacial score (nSPS) is 20.2. The van der Waals surface area contributed by atoms with E-state index in [9.17, 15) is 4.79 Å². The van der Waals surface area contributed by atoms with E-state index in [0.29, 0.717) is 6.54 Å². The minimum Gasteiger partial charge on any atom is -0.354 e. The molecule has 1 atom stereocenters. The number of piperidine rings is 1. The standard InChI is InChI=1S/C17H27N5O.3ClH/c1-21-7-9-22(10-8-21)16-11-14(4-6-19-16)12-20-17(23)15-3-2-5-18-13-15;;;/h4,6,11,15,18H,2-3,5,7-10,12-13H2,1H3,(H,20,23);3*1H. The van der Waals surface area contributed by atoms with Crippen molar-refractivity contribution in [3.05, 3.63) is 23.9 Å². The summed E-state index contributed by atoms with van der Waals surface area (Å²) in [6.45, 7) is 6.56. The van der Waals surface area contributed by atoms with Crippen molar-refractivity contribution in [3.63, 3.8) is 0 Å². The maximum atomic E-state index is 12.2. The van der Waals surface area contributed by atoms with Crippen LogP contribution in [0, 0.1) is 5.92 Å². The molecule has 0 spiro atoms. The van der Waals surface area contributed by atoms with Crippen molar-refractivity contribution in [3.8, 4) is 0 Å². The van der Waals surface area contributed by atoms with Gasteiger partial charge in [0.2, 0.25) is 5.91 Å². The molecule has 0 aliphatic carbocycles. The second-order valence-electron chi connectivity index (χ2n) is 6.57. The summed E-state index contributed by atoms with van der Waals surface area (Å²) in [4.78, 5) is 21.3. The number of hydrogen-bond donors (Lipinski definition) is 2. The van der Waals surface area contributed by atoms with Crippen LogP contribution in [-0.2, 0) is 11.3 Å². The predicted molar refractivity (Wildman–Crippen MR) is 113 cm³/mol. The summed E-state index contributed by atoms with van der Waals surface area (Å²) in [5.74, 6) is 1.29. The third-order valence-electron chi connectivity index (χ3n) is 4.77. The third-order valence-corrected chi connectivity index (χ3v) is 4.77. The summed E-state index contributed by atoms with van der Waals surface area (Å²) in [5, 5.41) is 6.36. The van der Waals surface area contributed by atoms with Crippen LogP contribution in [0.3, 0.4) is 0 Å². The van der Waals surface area contributed by atoms with Gasteiger partial charge in [0.1, 0.15) is 5.82 Å². The van der Waals surface area contributed by atoms with Crippen LogP contribution >= 0.6 is 37.2 Å². The lowest BCUT2D eigenvalue weighted by Crippen LogP contribution is -2.44. The molecule has 26 heavy (non-hydrogen) atoms. The Hall–Kier alpha value is -0.790. The second-order valence-corrected chi connectivity index (χ2v) is 6.57. The smallest absolute Gasteiger partial charge is 0.224 e. The summed E-state index contributed by atoms with van der Waals surface area (Å²) in [5.41, 5.74) is 1.12. The Morgan fingerprint density at radius 3 is 2.65 bits per heavy atom. The highest BCUT2D eigenvalue weighted by Crippen LogP contribution is 2.15. The summed E-state index contributed by atoms with van der Waals surface area (Å²) >= 11 is 0. The zero-order valence-corrected chi connectivity index (χ0v) is 17.6. The molecule has 3 rings (SSSR count). The van der Waals surface area contributed by atoms with Gasteiger partial charge in [0.05, 0.1) is 5.92 Å². The first-order valence-corrected chi connectivity index (χ1v) is 8.59. The predicted octanol–water partition coefficient (Wildman–Crippen LogP) is 1.71. The molecule has 0 radical (unpaired) electrons. The molecule has 0 bridgehead atoms. The fourth-order valence-electron chi connectivity index (χ4n) is 3.19. The first-order chi connectivity index (χ1) is 11.2. The molecule has 2 aliphatic heterocycles. The monoisotopic (exact) mass is 425 g/mol. The Labute approximate surface area is 174 Å². The largest absolute Gasteiger partial charge is 0.354 e. The topological polar surface area (TPSA) is 60.5 Å². The molecular weight excluding hydrogens is 397 g/mol. The Morgan fingerprint density at radius 1 is 1.27 bits per heavy atom. The molecule has 0 saturated carbocycles. The molecule has 1 unspecified atom stereocenters. The maximum absolute atomic E-state index is 12.2. The number of piperazine rings is 1. The zero-order valence-electron chi connectivity index (χ0n) is 15.1. The molecular formula is C17H30Cl3N5O. The maximum Gasteiger partial charge on any atom is 0.224 e. The minimum atomic E-state index is 0. The van der Waals surface area contributed by atoms with Crippen molar-refractivity contribution in [2.45, 2.75) is 19.4 Å². The highest BCUT2D eigenvalue weighted by Gasteiger charge is 2.20. The van der Waals surface area contributed by atoms with Gasteiger partial charge in [-0.25, -0.2) is 4.98 Å². The van der Waals surface area contributed by atoms with Gasteiger partial charge < -0.3 is 20.4 Å². The van der Waals surface area contributed by atoms with E-state index >= 15 is 0 Å². The van der Waals surface area contributed by atoms with E-state index in [2.05, 4.69) is 38.5 Å². The number of carbonyl (C=O) groups is 1. The lowest BCUT2D eigenvalue weighted by Gasteiger charge is -2.33. The van der Waals surface area contributed by atoms with Crippen LogP contribution in [-0.4, -0.2) is 62.1 Å². The Kier molecular flexibility index (Phi) is 12.2. The van der Waals surface area contributed by atoms with Crippen molar-refractivity contribution in [1.29, 1.82) is 0 Å². The number of hydrogen-bond acceptors (Lipinski definition) is 5. The Balaban J connectivity index is 0.00000208. The second kappa shape index (κ2) is 12.6. The van der Waals surface area contributed by atoms with Crippen molar-refractivity contribution in [1.82, 2.24) is 20.5 Å². The molecule has 2 N–H and O–H groups in total. The average molecular weight is 427 g/mol. The van der Waals surface area contributed by atoms with E-state index in [4.69, 9.17) is 0 Å². The van der Waals surface area contributed by atoms with Crippen molar-refractivity contribution < 1.29 is 4.79 Å². The molecule has 0 aromatic carbocycles. The van der Waals surface area contributed by atoms with Crippen LogP contribution in [0.2, 0.25) is 0 Å². The van der Waals surface area contributed by atoms with Crippen LogP contribution < -0.4 is 15.5 Å². The number of anilines is 1. The van der Waals surface area contributed by atoms with Gasteiger partial charge in [-0.1, -0.05) is 0 Å². The first kappa shape index (κ1) is 25.2. The van der Waals surface area contributed by atoms with Crippen LogP contribution in [0.5, 0.6) is 0 Å². The Bertz CT molecular complexity index is 535. The summed E-state index contributed by atoms with van der Waals surface area (Å²) < 4.78 is 0. The molecule has 6 nitrogen and oxygen atoms in total. The van der Waals surface area contributed by atoms with E-state index in [1.165, 1.54) is 0 Å². The number of likely N-dealkylation sites (N-methyl/N-ethyl adjacent to an activating group) is 1. The van der Waals surface area contributed by atoms with Gasteiger partial charge in [-0.15, -0.1) is 37.2 Å². The molecule has 3 heterocycles. The molecule has 9 heteroatoms. The van der Waals surface area contributed by atoms with Crippen LogP contribution in [0.15, 0.2) is 18.3 Å². The van der Waals surface area contributed by atoms with Crippen molar-refractivity contribution >= 4 is 48.9 Å². The molecule has 1 amide bonds. The van der Waals surface area contributed by atoms with Gasteiger partial charge in [0.25, 0.3) is 0 Å². The fourth-order valence-corrected chi connectivity index (χ4v) is 3.19. The number of halogens is 3. The van der Waals surface area contributed by atoms with Crippen LogP contribution in [0.1, 0.15) is 18.4 Å². The van der Waals surface area contributed by atoms with E-state index in [-0.39, 0.29) is 49.0 Å². The van der Waals surface area contributed by atoms with E-state index < -0.39 is 0 Å². The van der Waals surface area contributed by atoms with Crippen molar-refractivity contribution in [2.75, 3.05) is 51.2 Å². The highest BCUT2D eigenvalue weighted by atomic mass is 35.5. The highest BCUT2D eigenvalue weighted by molar-refractivity contribution is 5.86. The van der Waals surface area contributed by atoms with Crippen molar-refractivity contribution in [2.24, 2.45) is 5.92 Å². The fraction of sp³-hybridized carbons (Fsp3) is 0.647. The number of rotatable bonds is 4. The number of nitrogens with one attached hydrogen (secondary N) is 2. The van der Waals surface area contributed by atoms with Gasteiger partial charge >= 0.3 is 0 Å². The molecule has 2 saturated heterocycles. The van der Waals surface area contributed by atoms with E-state index in [0.717, 1.165) is 63.5 Å². The summed E-state index contributed by atoms with van der Waals surface area (Å²) in [7, 11) is 2.15. The lowest BCUT2D eigenvalue weighted by molar-refractivity contribution is -0.125. The van der Waals surface area contributed by atoms with Crippen LogP contribution in [0.4, 0.5) is 5.82 Å². The molecule has 150 valence electrons. The number of pyridine rings is 1. The summed E-state index contributed by atoms with van der Waals surface area (Å²) in [6.07, 6.45) is 3.92. The summed E-state index contributed by atoms with van der Waals surface area (Å²) in [6, 6.07) is 4.09. The SMILES string of the molecule is CN1CCN(c2cc(CNC(=O)C3CCCNC3)ccn2)CC1.Cl.Cl.Cl. The number of nitrogens with zero attached hydrogens (tertiary/aromatic N) is 3. The van der Waals surface area contributed by atoms with Gasteiger partial charge in [-0.2, -0.15) is 0 Å². The molecule has 1 aromatic rings. The quantitative estimate of drug-likeness (QED) is 0.767. The van der Waals surface area contributed by atoms with Gasteiger partial charge in [0, 0.05) is 45.5 Å². The van der Waals surface area contributed by atoms with E-state index in [1.807, 2.05) is 12.3 Å². The van der Waals surface area contributed by atoms with Gasteiger partial charge in [-0.3, -0.25) is 4.79 Å². The number of amides is 1. The van der Waals surface area contributed by atoms with E-state index in [1.54, 1.807) is 0 Å². The molecule has 2 fully saturated rings. The van der Waals surface area contributed by atoms with Gasteiger partial charge in [0.15, 0.2) is 0 Å². The third kappa shape index (κ3) is 7.08.